The number of unbranched alkanes of at least 4 members (excludes halogenated alkanes) is 2. The van der Waals surface area contributed by atoms with Gasteiger partial charge in [0, 0.05) is 70.6 Å². The van der Waals surface area contributed by atoms with Gasteiger partial charge in [0.25, 0.3) is 0 Å². The summed E-state index contributed by atoms with van der Waals surface area (Å²) >= 11 is 0. The monoisotopic (exact) mass is 817 g/mol. The Morgan fingerprint density at radius 1 is 0.879 bits per heavy atom. The zero-order valence-corrected chi connectivity index (χ0v) is 36.0. The lowest BCUT2D eigenvalue weighted by molar-refractivity contribution is -0.140. The highest BCUT2D eigenvalue weighted by molar-refractivity contribution is 6.03. The number of rotatable bonds is 22. The van der Waals surface area contributed by atoms with Crippen molar-refractivity contribution in [3.63, 3.8) is 0 Å². The number of imide groups is 1. The number of primary amides is 1. The molecule has 1 aliphatic rings. The molecule has 1 aliphatic heterocycles. The maximum absolute atomic E-state index is 12.9. The topological polar surface area (TPSA) is 230 Å². The van der Waals surface area contributed by atoms with Gasteiger partial charge in [0.05, 0.1) is 6.54 Å². The third-order valence-electron chi connectivity index (χ3n) is 9.70. The molecule has 1 fully saturated rings. The Bertz CT molecular complexity index is 1520. The predicted octanol–water partition coefficient (Wildman–Crippen LogP) is 3.61. The van der Waals surface area contributed by atoms with Gasteiger partial charge in [-0.05, 0) is 55.2 Å². The third kappa shape index (κ3) is 18.8. The van der Waals surface area contributed by atoms with Crippen LogP contribution >= 0.6 is 0 Å². The molecule has 17 heteroatoms. The minimum atomic E-state index is -0.827. The van der Waals surface area contributed by atoms with E-state index in [1.54, 1.807) is 57.1 Å². The number of benzene rings is 1. The number of likely N-dealkylation sites (N-methyl/N-ethyl adjacent to an activating group) is 2. The Hall–Kier alpha value is -5.22. The van der Waals surface area contributed by atoms with Crippen LogP contribution in [-0.2, 0) is 40.1 Å². The van der Waals surface area contributed by atoms with Gasteiger partial charge in [-0.2, -0.15) is 0 Å². The van der Waals surface area contributed by atoms with Crippen molar-refractivity contribution in [2.75, 3.05) is 52.1 Å². The number of anilines is 1. The second kappa shape index (κ2) is 26.7. The molecule has 0 bridgehead atoms. The fourth-order valence-electron chi connectivity index (χ4n) is 5.70. The van der Waals surface area contributed by atoms with Crippen molar-refractivity contribution >= 4 is 53.3 Å². The van der Waals surface area contributed by atoms with E-state index in [4.69, 9.17) is 10.5 Å². The van der Waals surface area contributed by atoms with E-state index in [1.165, 1.54) is 9.80 Å². The lowest BCUT2D eigenvalue weighted by atomic mass is 9.94. The van der Waals surface area contributed by atoms with Crippen molar-refractivity contribution in [1.29, 1.82) is 0 Å². The Kier molecular flexibility index (Phi) is 23.3. The third-order valence-corrected chi connectivity index (χ3v) is 9.70. The number of nitrogens with one attached hydrogen (secondary N) is 4. The molecule has 2 rings (SSSR count). The number of likely N-dealkylation sites (tertiary alicyclic amines) is 1. The van der Waals surface area contributed by atoms with E-state index < -0.39 is 30.0 Å². The van der Waals surface area contributed by atoms with Gasteiger partial charge >= 0.3 is 12.1 Å². The summed E-state index contributed by atoms with van der Waals surface area (Å²) in [6.07, 6.45) is 3.42. The van der Waals surface area contributed by atoms with E-state index in [0.717, 1.165) is 12.8 Å². The van der Waals surface area contributed by atoms with Crippen LogP contribution in [0.2, 0.25) is 0 Å². The molecule has 1 heterocycles. The fraction of sp³-hybridized carbons (Fsp3) is 0.659. The van der Waals surface area contributed by atoms with E-state index in [1.807, 2.05) is 34.6 Å². The number of amides is 9. The molecule has 1 aromatic rings. The summed E-state index contributed by atoms with van der Waals surface area (Å²) in [6, 6.07) is 5.45. The smallest absolute Gasteiger partial charge is 0.409 e. The van der Waals surface area contributed by atoms with Gasteiger partial charge in [-0.3, -0.25) is 33.7 Å². The van der Waals surface area contributed by atoms with Crippen LogP contribution in [0.4, 0.5) is 15.3 Å². The first kappa shape index (κ1) is 50.8. The van der Waals surface area contributed by atoms with Gasteiger partial charge in [-0.15, -0.1) is 0 Å². The summed E-state index contributed by atoms with van der Waals surface area (Å²) in [5.74, 6) is -1.87. The molecule has 58 heavy (non-hydrogen) atoms. The van der Waals surface area contributed by atoms with Crippen molar-refractivity contribution in [1.82, 2.24) is 30.7 Å². The van der Waals surface area contributed by atoms with Gasteiger partial charge in [0.1, 0.15) is 12.6 Å². The number of nitrogens with two attached hydrogens (primary N) is 1. The van der Waals surface area contributed by atoms with Crippen molar-refractivity contribution in [3.05, 3.63) is 29.8 Å². The molecular weight excluding hydrogens is 748 g/mol. The van der Waals surface area contributed by atoms with Crippen molar-refractivity contribution in [2.24, 2.45) is 29.4 Å². The van der Waals surface area contributed by atoms with Crippen LogP contribution in [-0.4, -0.2) is 115 Å². The van der Waals surface area contributed by atoms with E-state index in [9.17, 15) is 38.4 Å². The summed E-state index contributed by atoms with van der Waals surface area (Å²) in [7, 11) is 3.32. The first-order valence-corrected chi connectivity index (χ1v) is 20.3. The number of carbonyl (C=O) groups excluding carboxylic acids is 8. The maximum Gasteiger partial charge on any atom is 0.409 e. The van der Waals surface area contributed by atoms with Crippen molar-refractivity contribution in [3.8, 4) is 0 Å². The molecule has 9 amide bonds. The van der Waals surface area contributed by atoms with Gasteiger partial charge in [0.15, 0.2) is 0 Å². The maximum atomic E-state index is 12.9. The van der Waals surface area contributed by atoms with E-state index in [2.05, 4.69) is 21.3 Å². The largest absolute Gasteiger partial charge is 0.445 e. The van der Waals surface area contributed by atoms with Crippen molar-refractivity contribution in [2.45, 2.75) is 106 Å². The molecule has 1 saturated heterocycles. The molecule has 17 nitrogen and oxygen atoms in total. The number of hydrogen-bond acceptors (Lipinski definition) is 9. The normalized spacial score (nSPS) is 14.5. The van der Waals surface area contributed by atoms with Crippen LogP contribution in [0.25, 0.3) is 0 Å². The second-order valence-corrected chi connectivity index (χ2v) is 15.3. The number of carbonyl (C=O) groups is 8. The van der Waals surface area contributed by atoms with Crippen LogP contribution in [0, 0.1) is 23.7 Å². The fourth-order valence-corrected chi connectivity index (χ4v) is 5.70. The molecule has 326 valence electrons. The molecule has 3 unspecified atom stereocenters. The highest BCUT2D eigenvalue weighted by Gasteiger charge is 2.39. The predicted molar refractivity (Wildman–Crippen MR) is 221 cm³/mol. The molecule has 0 aliphatic carbocycles. The lowest BCUT2D eigenvalue weighted by Crippen LogP contribution is -2.51. The zero-order chi connectivity index (χ0) is 43.9. The quantitative estimate of drug-likeness (QED) is 0.0849. The molecule has 0 radical (unpaired) electrons. The van der Waals surface area contributed by atoms with Gasteiger partial charge in [-0.1, -0.05) is 67.0 Å². The van der Waals surface area contributed by atoms with Gasteiger partial charge in [0.2, 0.25) is 35.4 Å². The Morgan fingerprint density at radius 3 is 2.05 bits per heavy atom. The molecule has 3 atom stereocenters. The minimum Gasteiger partial charge on any atom is -0.445 e. The minimum absolute atomic E-state index is 0.0247. The Morgan fingerprint density at radius 2 is 1.52 bits per heavy atom. The van der Waals surface area contributed by atoms with E-state index >= 15 is 0 Å². The summed E-state index contributed by atoms with van der Waals surface area (Å²) < 4.78 is 5.37. The van der Waals surface area contributed by atoms with Crippen LogP contribution in [0.3, 0.4) is 0 Å². The summed E-state index contributed by atoms with van der Waals surface area (Å²) in [5, 5.41) is 10.5. The summed E-state index contributed by atoms with van der Waals surface area (Å²) in [5.41, 5.74) is 5.92. The van der Waals surface area contributed by atoms with Crippen molar-refractivity contribution < 1.29 is 43.1 Å². The van der Waals surface area contributed by atoms with Gasteiger partial charge in [-0.25, -0.2) is 9.59 Å². The molecule has 0 spiro atoms. The SMILES string of the molecule is CCC(C)C(=O)N(C)CCN(C)C(=O)OCc1ccc(NC(=O)CNC(=O)C(NC(=O)CCCCCN2C(=O)CC(C(C)C)C2=O)C(C)C)cc1.CCCNC(N)=O. The van der Waals surface area contributed by atoms with E-state index in [-0.39, 0.29) is 73.3 Å². The average molecular weight is 817 g/mol. The number of hydrogen-bond donors (Lipinski definition) is 5. The first-order valence-electron chi connectivity index (χ1n) is 20.3. The molecule has 1 aromatic carbocycles. The number of nitrogens with zero attached hydrogens (tertiary/aromatic N) is 3. The highest BCUT2D eigenvalue weighted by Crippen LogP contribution is 2.26. The first-order chi connectivity index (χ1) is 27.3. The Balaban J connectivity index is 0.00000219. The highest BCUT2D eigenvalue weighted by atomic mass is 16.6. The summed E-state index contributed by atoms with van der Waals surface area (Å²) in [6.45, 7) is 14.7. The second-order valence-electron chi connectivity index (χ2n) is 15.3. The van der Waals surface area contributed by atoms with Crippen LogP contribution in [0.15, 0.2) is 24.3 Å². The zero-order valence-electron chi connectivity index (χ0n) is 36.0. The lowest BCUT2D eigenvalue weighted by Gasteiger charge is -2.24. The summed E-state index contributed by atoms with van der Waals surface area (Å²) in [4.78, 5) is 102. The average Bonchev–Trinajstić information content (AvgIpc) is 3.47. The molecule has 0 aromatic heterocycles. The molecular formula is C41H68N8O9. The molecule has 0 saturated carbocycles. The Labute approximate surface area is 343 Å². The number of ether oxygens (including phenoxy) is 1. The van der Waals surface area contributed by atoms with Crippen LogP contribution in [0.5, 0.6) is 0 Å². The number of urea groups is 1. The van der Waals surface area contributed by atoms with E-state index in [0.29, 0.717) is 56.7 Å². The standard InChI is InChI=1S/C37H58N6O8.C4H10N2O/c1-9-26(6)35(48)41(7)19-20-42(8)37(50)51-23-27-14-16-28(17-15-27)39-31(45)22-38-34(47)33(25(4)5)40-30(44)13-11-10-12-18-43-32(46)21-29(24(2)3)36(43)49;1-2-3-6-4(5)7/h14-17,24-26,29,33H,9-13,18-23H2,1-8H3,(H,38,47)(H,39,45)(H,40,44);2-3H2,1H3,(H3,5,6,7). The van der Waals surface area contributed by atoms with Gasteiger partial charge < -0.3 is 41.5 Å². The van der Waals surface area contributed by atoms with Crippen LogP contribution in [0.1, 0.15) is 99.0 Å². The van der Waals surface area contributed by atoms with Crippen LogP contribution < -0.4 is 27.0 Å². The molecule has 6 N–H and O–H groups in total.